The van der Waals surface area contributed by atoms with Gasteiger partial charge >= 0.3 is 0 Å². The molecule has 1 amide bonds. The third-order valence-corrected chi connectivity index (χ3v) is 3.92. The second-order valence-electron chi connectivity index (χ2n) is 5.44. The highest BCUT2D eigenvalue weighted by molar-refractivity contribution is 5.48. The summed E-state index contributed by atoms with van der Waals surface area (Å²) in [6.07, 6.45) is 0.968. The van der Waals surface area contributed by atoms with E-state index in [1.54, 1.807) is 0 Å². The molecule has 0 bridgehead atoms. The smallest absolute Gasteiger partial charge is 0.225 e. The predicted molar refractivity (Wildman–Crippen MR) is 68.3 cm³/mol. The summed E-state index contributed by atoms with van der Waals surface area (Å²) in [5, 5.41) is 0. The van der Waals surface area contributed by atoms with Crippen LogP contribution in [0.25, 0.3) is 0 Å². The third-order valence-electron chi connectivity index (χ3n) is 3.92. The lowest BCUT2D eigenvalue weighted by molar-refractivity contribution is -0.117. The van der Waals surface area contributed by atoms with Crippen molar-refractivity contribution in [1.82, 2.24) is 14.9 Å². The zero-order chi connectivity index (χ0) is 12.7. The number of nitrogens with zero attached hydrogens (tertiary/aromatic N) is 4. The van der Waals surface area contributed by atoms with Crippen LogP contribution in [0.1, 0.15) is 11.4 Å². The van der Waals surface area contributed by atoms with Crippen molar-refractivity contribution in [3.63, 3.8) is 0 Å². The molecule has 96 valence electrons. The Labute approximate surface area is 107 Å². The summed E-state index contributed by atoms with van der Waals surface area (Å²) in [6.45, 7) is 7.72. The van der Waals surface area contributed by atoms with Crippen LogP contribution in [0.4, 0.5) is 5.95 Å². The molecule has 3 heterocycles. The highest BCUT2D eigenvalue weighted by Crippen LogP contribution is 2.32. The molecule has 2 saturated heterocycles. The van der Waals surface area contributed by atoms with E-state index in [4.69, 9.17) is 0 Å². The molecule has 0 spiro atoms. The van der Waals surface area contributed by atoms with Crippen molar-refractivity contribution in [1.29, 1.82) is 0 Å². The van der Waals surface area contributed by atoms with Crippen LogP contribution >= 0.6 is 0 Å². The summed E-state index contributed by atoms with van der Waals surface area (Å²) in [5.74, 6) is 2.01. The topological polar surface area (TPSA) is 49.3 Å². The van der Waals surface area contributed by atoms with E-state index in [0.717, 1.165) is 49.9 Å². The third kappa shape index (κ3) is 1.94. The monoisotopic (exact) mass is 246 g/mol. The van der Waals surface area contributed by atoms with Crippen molar-refractivity contribution in [3.05, 3.63) is 17.5 Å². The summed E-state index contributed by atoms with van der Waals surface area (Å²) in [4.78, 5) is 23.9. The second-order valence-corrected chi connectivity index (χ2v) is 5.44. The van der Waals surface area contributed by atoms with Crippen LogP contribution in [0.3, 0.4) is 0 Å². The van der Waals surface area contributed by atoms with Crippen LogP contribution in [0.2, 0.25) is 0 Å². The molecular weight excluding hydrogens is 228 g/mol. The van der Waals surface area contributed by atoms with Crippen LogP contribution in [0.15, 0.2) is 6.07 Å². The second kappa shape index (κ2) is 4.23. The average molecular weight is 246 g/mol. The Morgan fingerprint density at radius 1 is 1.11 bits per heavy atom. The molecule has 2 aliphatic rings. The van der Waals surface area contributed by atoms with Gasteiger partial charge in [0.1, 0.15) is 0 Å². The minimum Gasteiger partial charge on any atom is -0.345 e. The highest BCUT2D eigenvalue weighted by Gasteiger charge is 2.40. The van der Waals surface area contributed by atoms with Gasteiger partial charge in [0.2, 0.25) is 12.4 Å². The number of rotatable bonds is 2. The Hall–Kier alpha value is -1.65. The SMILES string of the molecule is Cc1cc(C)nc(N2CC3CN(C=O)CC3C2)n1. The first-order chi connectivity index (χ1) is 8.65. The van der Waals surface area contributed by atoms with Crippen LogP contribution < -0.4 is 4.90 Å². The number of amides is 1. The van der Waals surface area contributed by atoms with E-state index in [2.05, 4.69) is 14.9 Å². The lowest BCUT2D eigenvalue weighted by Gasteiger charge is -2.20. The summed E-state index contributed by atoms with van der Waals surface area (Å²) in [6, 6.07) is 1.99. The molecule has 0 saturated carbocycles. The number of likely N-dealkylation sites (tertiary alicyclic amines) is 1. The van der Waals surface area contributed by atoms with Gasteiger partial charge in [0.05, 0.1) is 0 Å². The van der Waals surface area contributed by atoms with Gasteiger partial charge < -0.3 is 9.80 Å². The molecule has 1 aromatic rings. The molecular formula is C13H18N4O. The van der Waals surface area contributed by atoms with Gasteiger partial charge in [-0.25, -0.2) is 9.97 Å². The maximum Gasteiger partial charge on any atom is 0.225 e. The Bertz CT molecular complexity index is 442. The molecule has 0 aromatic carbocycles. The normalized spacial score (nSPS) is 26.6. The van der Waals surface area contributed by atoms with Crippen LogP contribution in [0, 0.1) is 25.7 Å². The Morgan fingerprint density at radius 3 is 2.17 bits per heavy atom. The molecule has 3 rings (SSSR count). The van der Waals surface area contributed by atoms with Crippen molar-refractivity contribution >= 4 is 12.4 Å². The quantitative estimate of drug-likeness (QED) is 0.718. The molecule has 0 aliphatic carbocycles. The average Bonchev–Trinajstić information content (AvgIpc) is 2.84. The van der Waals surface area contributed by atoms with Gasteiger partial charge in [-0.2, -0.15) is 0 Å². The molecule has 2 atom stereocenters. The van der Waals surface area contributed by atoms with Crippen molar-refractivity contribution in [2.75, 3.05) is 31.1 Å². The molecule has 1 aromatic heterocycles. The largest absolute Gasteiger partial charge is 0.345 e. The minimum absolute atomic E-state index is 0.583. The van der Waals surface area contributed by atoms with Gasteiger partial charge in [-0.3, -0.25) is 4.79 Å². The first-order valence-corrected chi connectivity index (χ1v) is 6.42. The number of anilines is 1. The molecule has 0 N–H and O–H groups in total. The molecule has 5 nitrogen and oxygen atoms in total. The number of carbonyl (C=O) groups excluding carboxylic acids is 1. The zero-order valence-corrected chi connectivity index (χ0v) is 10.8. The molecule has 18 heavy (non-hydrogen) atoms. The van der Waals surface area contributed by atoms with Gasteiger partial charge in [-0.05, 0) is 19.9 Å². The fourth-order valence-corrected chi connectivity index (χ4v) is 3.13. The van der Waals surface area contributed by atoms with E-state index in [1.165, 1.54) is 0 Å². The summed E-state index contributed by atoms with van der Waals surface area (Å²) in [7, 11) is 0. The Morgan fingerprint density at radius 2 is 1.67 bits per heavy atom. The van der Waals surface area contributed by atoms with Crippen molar-refractivity contribution in [2.45, 2.75) is 13.8 Å². The van der Waals surface area contributed by atoms with Gasteiger partial charge in [0.25, 0.3) is 0 Å². The van der Waals surface area contributed by atoms with Gasteiger partial charge in [0.15, 0.2) is 0 Å². The van der Waals surface area contributed by atoms with E-state index >= 15 is 0 Å². The van der Waals surface area contributed by atoms with E-state index < -0.39 is 0 Å². The lowest BCUT2D eigenvalue weighted by atomic mass is 10.0. The van der Waals surface area contributed by atoms with Crippen molar-refractivity contribution in [2.24, 2.45) is 11.8 Å². The summed E-state index contributed by atoms with van der Waals surface area (Å²) in [5.41, 5.74) is 2.04. The lowest BCUT2D eigenvalue weighted by Crippen LogP contribution is -2.29. The maximum absolute atomic E-state index is 10.8. The van der Waals surface area contributed by atoms with Crippen LogP contribution in [-0.4, -0.2) is 47.5 Å². The van der Waals surface area contributed by atoms with E-state index in [9.17, 15) is 4.79 Å². The molecule has 5 heteroatoms. The van der Waals surface area contributed by atoms with E-state index in [-0.39, 0.29) is 0 Å². The van der Waals surface area contributed by atoms with Gasteiger partial charge in [-0.1, -0.05) is 0 Å². The number of hydrogen-bond donors (Lipinski definition) is 0. The predicted octanol–water partition coefficient (Wildman–Crippen LogP) is 0.618. The molecule has 2 fully saturated rings. The van der Waals surface area contributed by atoms with Gasteiger partial charge in [-0.15, -0.1) is 0 Å². The Kier molecular flexibility index (Phi) is 2.69. The van der Waals surface area contributed by atoms with Gasteiger partial charge in [0, 0.05) is 49.4 Å². The number of aryl methyl sites for hydroxylation is 2. The summed E-state index contributed by atoms with van der Waals surface area (Å²) < 4.78 is 0. The van der Waals surface area contributed by atoms with E-state index in [1.807, 2.05) is 24.8 Å². The van der Waals surface area contributed by atoms with Crippen LogP contribution in [0.5, 0.6) is 0 Å². The minimum atomic E-state index is 0.583. The molecule has 0 radical (unpaired) electrons. The highest BCUT2D eigenvalue weighted by atomic mass is 16.1. The number of carbonyl (C=O) groups is 1. The molecule has 2 aliphatic heterocycles. The standard InChI is InChI=1S/C13H18N4O/c1-9-3-10(2)15-13(14-9)17-6-11-4-16(8-18)5-12(11)7-17/h3,8,11-12H,4-7H2,1-2H3. The van der Waals surface area contributed by atoms with Crippen molar-refractivity contribution < 1.29 is 4.79 Å². The van der Waals surface area contributed by atoms with Crippen LogP contribution in [-0.2, 0) is 4.79 Å². The number of fused-ring (bicyclic) bond motifs is 1. The molecule has 2 unspecified atom stereocenters. The number of hydrogen-bond acceptors (Lipinski definition) is 4. The fourth-order valence-electron chi connectivity index (χ4n) is 3.13. The first kappa shape index (κ1) is 11.4. The fraction of sp³-hybridized carbons (Fsp3) is 0.615. The van der Waals surface area contributed by atoms with E-state index in [0.29, 0.717) is 11.8 Å². The first-order valence-electron chi connectivity index (χ1n) is 6.42. The zero-order valence-electron chi connectivity index (χ0n) is 10.8. The number of aromatic nitrogens is 2. The maximum atomic E-state index is 10.8. The summed E-state index contributed by atoms with van der Waals surface area (Å²) >= 11 is 0. The Balaban J connectivity index is 1.75. The van der Waals surface area contributed by atoms with Crippen molar-refractivity contribution in [3.8, 4) is 0 Å².